The second-order valence-electron chi connectivity index (χ2n) is 8.23. The number of amides is 2. The van der Waals surface area contributed by atoms with Crippen molar-refractivity contribution in [3.8, 4) is 0 Å². The number of carbonyl (C=O) groups excluding carboxylic acids is 2. The van der Waals surface area contributed by atoms with Gasteiger partial charge in [-0.25, -0.2) is 4.79 Å². The molecule has 2 heterocycles. The maximum absolute atomic E-state index is 12.6. The zero-order valence-corrected chi connectivity index (χ0v) is 17.6. The van der Waals surface area contributed by atoms with Crippen LogP contribution in [0.15, 0.2) is 24.4 Å². The van der Waals surface area contributed by atoms with Gasteiger partial charge in [-0.05, 0) is 45.7 Å². The fraction of sp³-hybridized carbons (Fsp3) is 0.667. The SMILES string of the molecule is CO[C@H]([C@@H](C)C(=O)NCCc1ccccn1)[C@@H]1CCCN1C(=O)OC(C)(C)C. The Morgan fingerprint density at radius 1 is 1.36 bits per heavy atom. The van der Waals surface area contributed by atoms with Gasteiger partial charge >= 0.3 is 6.09 Å². The van der Waals surface area contributed by atoms with Gasteiger partial charge in [0.05, 0.1) is 18.1 Å². The lowest BCUT2D eigenvalue weighted by Crippen LogP contribution is -2.50. The molecule has 0 saturated carbocycles. The monoisotopic (exact) mass is 391 g/mol. The van der Waals surface area contributed by atoms with Crippen molar-refractivity contribution in [2.45, 2.75) is 64.7 Å². The van der Waals surface area contributed by atoms with Gasteiger partial charge in [-0.2, -0.15) is 0 Å². The number of ether oxygens (including phenoxy) is 2. The average molecular weight is 392 g/mol. The second-order valence-corrected chi connectivity index (χ2v) is 8.23. The topological polar surface area (TPSA) is 80.8 Å². The number of rotatable bonds is 7. The molecule has 7 nitrogen and oxygen atoms in total. The molecule has 3 atom stereocenters. The molecule has 0 spiro atoms. The van der Waals surface area contributed by atoms with E-state index in [1.165, 1.54) is 0 Å². The molecule has 0 aliphatic carbocycles. The van der Waals surface area contributed by atoms with Crippen LogP contribution in [0.1, 0.15) is 46.2 Å². The summed E-state index contributed by atoms with van der Waals surface area (Å²) in [5.41, 5.74) is 0.381. The maximum atomic E-state index is 12.6. The molecule has 7 heteroatoms. The third kappa shape index (κ3) is 6.19. The molecule has 0 unspecified atom stereocenters. The molecule has 156 valence electrons. The first-order valence-electron chi connectivity index (χ1n) is 9.93. The van der Waals surface area contributed by atoms with Crippen molar-refractivity contribution in [3.05, 3.63) is 30.1 Å². The number of nitrogens with one attached hydrogen (secondary N) is 1. The van der Waals surface area contributed by atoms with Gasteiger partial charge in [0.2, 0.25) is 5.91 Å². The van der Waals surface area contributed by atoms with E-state index in [2.05, 4.69) is 10.3 Å². The minimum absolute atomic E-state index is 0.0844. The molecule has 1 saturated heterocycles. The Balaban J connectivity index is 1.94. The third-order valence-corrected chi connectivity index (χ3v) is 4.89. The fourth-order valence-electron chi connectivity index (χ4n) is 3.55. The van der Waals surface area contributed by atoms with E-state index in [1.54, 1.807) is 18.2 Å². The number of aromatic nitrogens is 1. The summed E-state index contributed by atoms with van der Waals surface area (Å²) in [7, 11) is 1.59. The average Bonchev–Trinajstić information content (AvgIpc) is 3.11. The molecule has 28 heavy (non-hydrogen) atoms. The Morgan fingerprint density at radius 2 is 2.11 bits per heavy atom. The van der Waals surface area contributed by atoms with Crippen molar-refractivity contribution in [2.24, 2.45) is 5.92 Å². The lowest BCUT2D eigenvalue weighted by atomic mass is 9.95. The summed E-state index contributed by atoms with van der Waals surface area (Å²) >= 11 is 0. The summed E-state index contributed by atoms with van der Waals surface area (Å²) in [6.45, 7) is 8.52. The standard InChI is InChI=1S/C21H33N3O4/c1-15(19(25)23-13-11-16-9-6-7-12-22-16)18(27-5)17-10-8-14-24(17)20(26)28-21(2,3)4/h6-7,9,12,15,17-18H,8,10-11,13-14H2,1-5H3,(H,23,25)/t15-,17+,18-/m1/s1. The number of pyridine rings is 1. The Labute approximate surface area is 167 Å². The summed E-state index contributed by atoms with van der Waals surface area (Å²) in [4.78, 5) is 31.2. The zero-order chi connectivity index (χ0) is 20.7. The van der Waals surface area contributed by atoms with Crippen molar-refractivity contribution in [1.29, 1.82) is 0 Å². The van der Waals surface area contributed by atoms with Crippen LogP contribution >= 0.6 is 0 Å². The molecule has 2 amide bonds. The summed E-state index contributed by atoms with van der Waals surface area (Å²) in [6, 6.07) is 5.56. The summed E-state index contributed by atoms with van der Waals surface area (Å²) in [5.74, 6) is -0.472. The van der Waals surface area contributed by atoms with Gasteiger partial charge in [0.25, 0.3) is 0 Å². The van der Waals surface area contributed by atoms with Crippen LogP contribution in [0.2, 0.25) is 0 Å². The van der Waals surface area contributed by atoms with Crippen LogP contribution in [-0.2, 0) is 20.7 Å². The predicted molar refractivity (Wildman–Crippen MR) is 107 cm³/mol. The highest BCUT2D eigenvalue weighted by Gasteiger charge is 2.41. The summed E-state index contributed by atoms with van der Waals surface area (Å²) in [6.07, 6.45) is 3.35. The number of nitrogens with zero attached hydrogens (tertiary/aromatic N) is 2. The number of hydrogen-bond donors (Lipinski definition) is 1. The highest BCUT2D eigenvalue weighted by Crippen LogP contribution is 2.28. The molecule has 1 aromatic rings. The first-order valence-corrected chi connectivity index (χ1v) is 9.93. The van der Waals surface area contributed by atoms with E-state index in [4.69, 9.17) is 9.47 Å². The van der Waals surface area contributed by atoms with Gasteiger partial charge in [-0.3, -0.25) is 9.78 Å². The van der Waals surface area contributed by atoms with Crippen LogP contribution in [0, 0.1) is 5.92 Å². The Kier molecular flexibility index (Phi) is 7.80. The fourth-order valence-corrected chi connectivity index (χ4v) is 3.55. The molecular formula is C21H33N3O4. The zero-order valence-electron chi connectivity index (χ0n) is 17.6. The van der Waals surface area contributed by atoms with Crippen LogP contribution in [0.3, 0.4) is 0 Å². The third-order valence-electron chi connectivity index (χ3n) is 4.89. The minimum atomic E-state index is -0.554. The van der Waals surface area contributed by atoms with Crippen LogP contribution < -0.4 is 5.32 Å². The van der Waals surface area contributed by atoms with Crippen LogP contribution in [0.4, 0.5) is 4.79 Å². The Morgan fingerprint density at radius 3 is 2.71 bits per heavy atom. The van der Waals surface area contributed by atoms with Gasteiger partial charge < -0.3 is 19.7 Å². The van der Waals surface area contributed by atoms with Crippen molar-refractivity contribution >= 4 is 12.0 Å². The highest BCUT2D eigenvalue weighted by molar-refractivity contribution is 5.79. The molecule has 1 aliphatic rings. The summed E-state index contributed by atoms with van der Waals surface area (Å²) in [5, 5.41) is 2.96. The van der Waals surface area contributed by atoms with E-state index in [9.17, 15) is 9.59 Å². The van der Waals surface area contributed by atoms with Crippen molar-refractivity contribution in [3.63, 3.8) is 0 Å². The summed E-state index contributed by atoms with van der Waals surface area (Å²) < 4.78 is 11.2. The van der Waals surface area contributed by atoms with Gasteiger partial charge in [0.15, 0.2) is 0 Å². The van der Waals surface area contributed by atoms with Crippen molar-refractivity contribution in [1.82, 2.24) is 15.2 Å². The van der Waals surface area contributed by atoms with E-state index in [1.807, 2.05) is 45.9 Å². The molecule has 1 N–H and O–H groups in total. The van der Waals surface area contributed by atoms with Crippen LogP contribution in [0.25, 0.3) is 0 Å². The van der Waals surface area contributed by atoms with E-state index in [0.29, 0.717) is 19.5 Å². The van der Waals surface area contributed by atoms with Gasteiger partial charge in [-0.1, -0.05) is 13.0 Å². The van der Waals surface area contributed by atoms with E-state index >= 15 is 0 Å². The van der Waals surface area contributed by atoms with Gasteiger partial charge in [-0.15, -0.1) is 0 Å². The smallest absolute Gasteiger partial charge is 0.410 e. The number of likely N-dealkylation sites (tertiary alicyclic amines) is 1. The first-order chi connectivity index (χ1) is 13.2. The molecule has 2 rings (SSSR count). The number of hydrogen-bond acceptors (Lipinski definition) is 5. The highest BCUT2D eigenvalue weighted by atomic mass is 16.6. The molecule has 1 fully saturated rings. The minimum Gasteiger partial charge on any atom is -0.444 e. The van der Waals surface area contributed by atoms with Crippen molar-refractivity contribution < 1.29 is 19.1 Å². The Bertz CT molecular complexity index is 645. The molecule has 1 aromatic heterocycles. The predicted octanol–water partition coefficient (Wildman–Crippen LogP) is 2.79. The van der Waals surface area contributed by atoms with E-state index < -0.39 is 5.60 Å². The van der Waals surface area contributed by atoms with Crippen LogP contribution in [0.5, 0.6) is 0 Å². The van der Waals surface area contributed by atoms with Gasteiger partial charge in [0, 0.05) is 38.5 Å². The lowest BCUT2D eigenvalue weighted by molar-refractivity contribution is -0.130. The lowest BCUT2D eigenvalue weighted by Gasteiger charge is -2.34. The largest absolute Gasteiger partial charge is 0.444 e. The first kappa shape index (κ1) is 22.1. The van der Waals surface area contributed by atoms with Crippen LogP contribution in [-0.4, -0.2) is 59.8 Å². The number of carbonyl (C=O) groups is 2. The van der Waals surface area contributed by atoms with Crippen molar-refractivity contribution in [2.75, 3.05) is 20.2 Å². The van der Waals surface area contributed by atoms with Gasteiger partial charge in [0.1, 0.15) is 5.60 Å². The second kappa shape index (κ2) is 9.87. The Hall–Kier alpha value is -2.15. The molecule has 1 aliphatic heterocycles. The molecule has 0 aromatic carbocycles. The van der Waals surface area contributed by atoms with E-state index in [0.717, 1.165) is 18.5 Å². The quantitative estimate of drug-likeness (QED) is 0.773. The molecule has 0 bridgehead atoms. The number of methoxy groups -OCH3 is 1. The normalized spacial score (nSPS) is 19.2. The maximum Gasteiger partial charge on any atom is 0.410 e. The van der Waals surface area contributed by atoms with E-state index in [-0.39, 0.29) is 30.1 Å². The molecule has 0 radical (unpaired) electrons. The molecular weight excluding hydrogens is 358 g/mol.